The van der Waals surface area contributed by atoms with Gasteiger partial charge in [-0.2, -0.15) is 5.10 Å². The minimum absolute atomic E-state index is 0.216. The molecular formula is C17H18N4O2S. The molecule has 6 nitrogen and oxygen atoms in total. The standard InChI is InChI=1S/C17H18N4O2S/c1-10-9-14(15-11(2)20-21(3)16(15)18-10)17(22)19-12-5-7-13(8-6-12)24(4)23/h5-9H,1-4H3,(H,19,22). The number of benzene rings is 1. The second kappa shape index (κ2) is 6.16. The molecule has 0 saturated carbocycles. The summed E-state index contributed by atoms with van der Waals surface area (Å²) in [6, 6.07) is 8.75. The van der Waals surface area contributed by atoms with Crippen molar-refractivity contribution >= 4 is 33.4 Å². The van der Waals surface area contributed by atoms with E-state index >= 15 is 0 Å². The second-order valence-corrected chi connectivity index (χ2v) is 7.03. The number of fused-ring (bicyclic) bond motifs is 1. The Morgan fingerprint density at radius 1 is 1.21 bits per heavy atom. The zero-order chi connectivity index (χ0) is 17.4. The molecule has 0 fully saturated rings. The molecule has 0 spiro atoms. The van der Waals surface area contributed by atoms with Crippen molar-refractivity contribution in [3.05, 3.63) is 47.3 Å². The van der Waals surface area contributed by atoms with E-state index in [1.807, 2.05) is 20.9 Å². The van der Waals surface area contributed by atoms with Crippen molar-refractivity contribution in [2.75, 3.05) is 11.6 Å². The molecule has 0 radical (unpaired) electrons. The van der Waals surface area contributed by atoms with Gasteiger partial charge in [0.05, 0.1) is 16.6 Å². The number of amides is 1. The van der Waals surface area contributed by atoms with Crippen molar-refractivity contribution in [2.24, 2.45) is 7.05 Å². The molecule has 0 aliphatic heterocycles. The summed E-state index contributed by atoms with van der Waals surface area (Å²) in [5, 5.41) is 7.99. The van der Waals surface area contributed by atoms with Gasteiger partial charge in [0.25, 0.3) is 5.91 Å². The van der Waals surface area contributed by atoms with Gasteiger partial charge in [0.2, 0.25) is 0 Å². The van der Waals surface area contributed by atoms with Crippen LogP contribution in [0.5, 0.6) is 0 Å². The highest BCUT2D eigenvalue weighted by atomic mass is 32.2. The van der Waals surface area contributed by atoms with Gasteiger partial charge in [-0.05, 0) is 44.2 Å². The van der Waals surface area contributed by atoms with E-state index in [2.05, 4.69) is 15.4 Å². The lowest BCUT2D eigenvalue weighted by molar-refractivity contribution is 0.102. The summed E-state index contributed by atoms with van der Waals surface area (Å²) in [5.41, 5.74) is 3.41. The second-order valence-electron chi connectivity index (χ2n) is 5.65. The average molecular weight is 342 g/mol. The topological polar surface area (TPSA) is 76.9 Å². The largest absolute Gasteiger partial charge is 0.322 e. The highest BCUT2D eigenvalue weighted by Crippen LogP contribution is 2.23. The maximum absolute atomic E-state index is 12.7. The highest BCUT2D eigenvalue weighted by molar-refractivity contribution is 7.84. The molecule has 1 atom stereocenters. The first-order chi connectivity index (χ1) is 11.4. The molecule has 1 aromatic carbocycles. The zero-order valence-corrected chi connectivity index (χ0v) is 14.8. The Labute approximate surface area is 142 Å². The number of nitrogens with one attached hydrogen (secondary N) is 1. The van der Waals surface area contributed by atoms with Gasteiger partial charge in [0.15, 0.2) is 5.65 Å². The summed E-state index contributed by atoms with van der Waals surface area (Å²) in [6.07, 6.45) is 1.62. The van der Waals surface area contributed by atoms with Crippen LogP contribution in [0.1, 0.15) is 21.7 Å². The number of carbonyl (C=O) groups excluding carboxylic acids is 1. The molecule has 0 bridgehead atoms. The van der Waals surface area contributed by atoms with E-state index in [-0.39, 0.29) is 5.91 Å². The molecule has 1 N–H and O–H groups in total. The van der Waals surface area contributed by atoms with Crippen molar-refractivity contribution in [3.63, 3.8) is 0 Å². The summed E-state index contributed by atoms with van der Waals surface area (Å²) in [5.74, 6) is -0.216. The van der Waals surface area contributed by atoms with Crippen molar-refractivity contribution in [1.29, 1.82) is 0 Å². The molecule has 2 heterocycles. The Morgan fingerprint density at radius 2 is 1.88 bits per heavy atom. The summed E-state index contributed by atoms with van der Waals surface area (Å²) >= 11 is 0. The Balaban J connectivity index is 1.98. The molecule has 1 unspecified atom stereocenters. The molecule has 1 amide bonds. The van der Waals surface area contributed by atoms with Crippen molar-refractivity contribution < 1.29 is 9.00 Å². The van der Waals surface area contributed by atoms with Gasteiger partial charge in [0.1, 0.15) is 0 Å². The van der Waals surface area contributed by atoms with E-state index in [1.54, 1.807) is 41.3 Å². The summed E-state index contributed by atoms with van der Waals surface area (Å²) in [7, 11) is 0.773. The third-order valence-electron chi connectivity index (χ3n) is 3.79. The third-order valence-corrected chi connectivity index (χ3v) is 4.72. The minimum atomic E-state index is -1.04. The fourth-order valence-corrected chi connectivity index (χ4v) is 3.20. The number of aromatic nitrogens is 3. The van der Waals surface area contributed by atoms with Gasteiger partial charge in [-0.15, -0.1) is 0 Å². The third kappa shape index (κ3) is 2.94. The Morgan fingerprint density at radius 3 is 2.50 bits per heavy atom. The Hall–Kier alpha value is -2.54. The SMILES string of the molecule is Cc1cc(C(=O)Nc2ccc(S(C)=O)cc2)c2c(C)nn(C)c2n1. The number of hydrogen-bond acceptors (Lipinski definition) is 4. The number of aryl methyl sites for hydroxylation is 3. The number of carbonyl (C=O) groups is 1. The Bertz CT molecular complexity index is 961. The molecule has 3 rings (SSSR count). The van der Waals surface area contributed by atoms with Crippen LogP contribution in [-0.4, -0.2) is 31.1 Å². The van der Waals surface area contributed by atoms with Crippen LogP contribution >= 0.6 is 0 Å². The van der Waals surface area contributed by atoms with E-state index in [9.17, 15) is 9.00 Å². The van der Waals surface area contributed by atoms with Crippen LogP contribution in [0.2, 0.25) is 0 Å². The highest BCUT2D eigenvalue weighted by Gasteiger charge is 2.17. The fourth-order valence-electron chi connectivity index (χ4n) is 2.68. The monoisotopic (exact) mass is 342 g/mol. The van der Waals surface area contributed by atoms with E-state index in [0.29, 0.717) is 16.9 Å². The van der Waals surface area contributed by atoms with Crippen LogP contribution < -0.4 is 5.32 Å². The van der Waals surface area contributed by atoms with Crippen LogP contribution in [-0.2, 0) is 17.8 Å². The predicted molar refractivity (Wildman–Crippen MR) is 94.7 cm³/mol. The molecular weight excluding hydrogens is 324 g/mol. The normalized spacial score (nSPS) is 12.3. The van der Waals surface area contributed by atoms with Crippen molar-refractivity contribution in [3.8, 4) is 0 Å². The average Bonchev–Trinajstić information content (AvgIpc) is 2.81. The van der Waals surface area contributed by atoms with Crippen LogP contribution in [0, 0.1) is 13.8 Å². The number of hydrogen-bond donors (Lipinski definition) is 1. The lowest BCUT2D eigenvalue weighted by atomic mass is 10.1. The molecule has 7 heteroatoms. The predicted octanol–water partition coefficient (Wildman–Crippen LogP) is 2.57. The first-order valence-electron chi connectivity index (χ1n) is 7.42. The van der Waals surface area contributed by atoms with Gasteiger partial charge in [0, 0.05) is 40.4 Å². The van der Waals surface area contributed by atoms with Crippen molar-refractivity contribution in [1.82, 2.24) is 14.8 Å². The van der Waals surface area contributed by atoms with Gasteiger partial charge in [-0.1, -0.05) is 0 Å². The summed E-state index contributed by atoms with van der Waals surface area (Å²) in [6.45, 7) is 3.71. The molecule has 2 aromatic heterocycles. The summed E-state index contributed by atoms with van der Waals surface area (Å²) in [4.78, 5) is 17.9. The number of rotatable bonds is 3. The van der Waals surface area contributed by atoms with Crippen LogP contribution in [0.3, 0.4) is 0 Å². The lowest BCUT2D eigenvalue weighted by Gasteiger charge is -2.08. The Kier molecular flexibility index (Phi) is 4.19. The minimum Gasteiger partial charge on any atom is -0.322 e. The summed E-state index contributed by atoms with van der Waals surface area (Å²) < 4.78 is 13.1. The van der Waals surface area contributed by atoms with E-state index < -0.39 is 10.8 Å². The fraction of sp³-hybridized carbons (Fsp3) is 0.235. The smallest absolute Gasteiger partial charge is 0.256 e. The van der Waals surface area contributed by atoms with Crippen LogP contribution in [0.15, 0.2) is 35.2 Å². The molecule has 24 heavy (non-hydrogen) atoms. The number of nitrogens with zero attached hydrogens (tertiary/aromatic N) is 3. The number of pyridine rings is 1. The van der Waals surface area contributed by atoms with E-state index in [4.69, 9.17) is 0 Å². The van der Waals surface area contributed by atoms with Gasteiger partial charge in [-0.25, -0.2) is 4.98 Å². The lowest BCUT2D eigenvalue weighted by Crippen LogP contribution is -2.13. The van der Waals surface area contributed by atoms with E-state index in [0.717, 1.165) is 21.7 Å². The van der Waals surface area contributed by atoms with Crippen molar-refractivity contribution in [2.45, 2.75) is 18.7 Å². The van der Waals surface area contributed by atoms with Crippen LogP contribution in [0.4, 0.5) is 5.69 Å². The quantitative estimate of drug-likeness (QED) is 0.794. The van der Waals surface area contributed by atoms with Gasteiger partial charge >= 0.3 is 0 Å². The first-order valence-corrected chi connectivity index (χ1v) is 8.98. The molecule has 3 aromatic rings. The molecule has 0 aliphatic rings. The molecule has 124 valence electrons. The number of anilines is 1. The van der Waals surface area contributed by atoms with E-state index in [1.165, 1.54) is 0 Å². The molecule has 0 aliphatic carbocycles. The zero-order valence-electron chi connectivity index (χ0n) is 14.0. The van der Waals surface area contributed by atoms with Crippen LogP contribution in [0.25, 0.3) is 11.0 Å². The molecule has 0 saturated heterocycles. The first kappa shape index (κ1) is 16.3. The maximum Gasteiger partial charge on any atom is 0.256 e. The van der Waals surface area contributed by atoms with Gasteiger partial charge < -0.3 is 5.32 Å². The maximum atomic E-state index is 12.7. The van der Waals surface area contributed by atoms with Gasteiger partial charge in [-0.3, -0.25) is 13.7 Å².